The van der Waals surface area contributed by atoms with E-state index in [0.717, 1.165) is 24.4 Å². The fourth-order valence-corrected chi connectivity index (χ4v) is 1.92. The molecule has 0 amide bonds. The summed E-state index contributed by atoms with van der Waals surface area (Å²) in [6.07, 6.45) is 2.78. The van der Waals surface area contributed by atoms with E-state index in [1.165, 1.54) is 0 Å². The molecular formula is C13H25N3O3. The molecule has 1 N–H and O–H groups in total. The molecule has 1 atom stereocenters. The lowest BCUT2D eigenvalue weighted by molar-refractivity contribution is 0.0580. The average molecular weight is 271 g/mol. The summed E-state index contributed by atoms with van der Waals surface area (Å²) in [5.41, 5.74) is 1.03. The molecule has 0 aliphatic rings. The first kappa shape index (κ1) is 15.9. The normalized spacial score (nSPS) is 12.6. The maximum Gasteiger partial charge on any atom is 0.161 e. The molecule has 0 aliphatic heterocycles. The van der Waals surface area contributed by atoms with Gasteiger partial charge in [-0.2, -0.15) is 5.10 Å². The van der Waals surface area contributed by atoms with Crippen molar-refractivity contribution >= 4 is 0 Å². The van der Waals surface area contributed by atoms with Gasteiger partial charge in [-0.1, -0.05) is 6.92 Å². The molecule has 0 saturated carbocycles. The molecule has 0 spiro atoms. The van der Waals surface area contributed by atoms with E-state index in [9.17, 15) is 0 Å². The quantitative estimate of drug-likeness (QED) is 0.649. The highest BCUT2D eigenvalue weighted by atomic mass is 16.5. The summed E-state index contributed by atoms with van der Waals surface area (Å²) in [5.74, 6) is 0.795. The fraction of sp³-hybridized carbons (Fsp3) is 0.769. The van der Waals surface area contributed by atoms with E-state index in [1.807, 2.05) is 11.7 Å². The van der Waals surface area contributed by atoms with E-state index < -0.39 is 0 Å². The van der Waals surface area contributed by atoms with Crippen LogP contribution < -0.4 is 10.1 Å². The van der Waals surface area contributed by atoms with Gasteiger partial charge in [-0.3, -0.25) is 4.68 Å². The van der Waals surface area contributed by atoms with E-state index in [4.69, 9.17) is 14.2 Å². The first-order valence-corrected chi connectivity index (χ1v) is 6.62. The van der Waals surface area contributed by atoms with Crippen molar-refractivity contribution < 1.29 is 14.2 Å². The summed E-state index contributed by atoms with van der Waals surface area (Å²) in [6.45, 7) is 4.74. The van der Waals surface area contributed by atoms with Gasteiger partial charge in [-0.15, -0.1) is 0 Å². The van der Waals surface area contributed by atoms with Crippen molar-refractivity contribution in [3.05, 3.63) is 11.9 Å². The van der Waals surface area contributed by atoms with E-state index in [0.29, 0.717) is 19.8 Å². The van der Waals surface area contributed by atoms with Crippen LogP contribution in [0.25, 0.3) is 0 Å². The number of rotatable bonds is 10. The van der Waals surface area contributed by atoms with Gasteiger partial charge in [0.05, 0.1) is 44.9 Å². The van der Waals surface area contributed by atoms with Crippen LogP contribution in [0.4, 0.5) is 0 Å². The highest BCUT2D eigenvalue weighted by Gasteiger charge is 2.20. The summed E-state index contributed by atoms with van der Waals surface area (Å²) in [4.78, 5) is 0. The second-order valence-electron chi connectivity index (χ2n) is 4.23. The number of ether oxygens (including phenoxy) is 3. The van der Waals surface area contributed by atoms with Crippen LogP contribution in [0, 0.1) is 0 Å². The van der Waals surface area contributed by atoms with E-state index in [1.54, 1.807) is 20.4 Å². The van der Waals surface area contributed by atoms with Crippen LogP contribution in [0.1, 0.15) is 25.1 Å². The minimum Gasteiger partial charge on any atom is -0.493 e. The van der Waals surface area contributed by atoms with Crippen LogP contribution in [-0.4, -0.2) is 50.9 Å². The fourth-order valence-electron chi connectivity index (χ4n) is 1.92. The van der Waals surface area contributed by atoms with Crippen molar-refractivity contribution in [3.63, 3.8) is 0 Å². The summed E-state index contributed by atoms with van der Waals surface area (Å²) in [5, 5.41) is 7.61. The molecule has 1 unspecified atom stereocenters. The van der Waals surface area contributed by atoms with Crippen LogP contribution in [0.5, 0.6) is 5.75 Å². The molecule has 6 nitrogen and oxygen atoms in total. The molecule has 0 fully saturated rings. The van der Waals surface area contributed by atoms with Gasteiger partial charge < -0.3 is 19.5 Å². The number of methoxy groups -OCH3 is 2. The minimum atomic E-state index is 0.0563. The summed E-state index contributed by atoms with van der Waals surface area (Å²) in [6, 6.07) is 0.0563. The molecule has 1 aromatic heterocycles. The SMILES string of the molecule is CCCn1ncc(OC)c1C(COCCOC)NC. The van der Waals surface area contributed by atoms with E-state index in [-0.39, 0.29) is 6.04 Å². The van der Waals surface area contributed by atoms with E-state index in [2.05, 4.69) is 17.3 Å². The molecule has 19 heavy (non-hydrogen) atoms. The number of likely N-dealkylation sites (N-methyl/N-ethyl adjacent to an activating group) is 1. The first-order valence-electron chi connectivity index (χ1n) is 6.62. The second kappa shape index (κ2) is 8.90. The Bertz CT molecular complexity index is 355. The van der Waals surface area contributed by atoms with Gasteiger partial charge >= 0.3 is 0 Å². The maximum atomic E-state index is 5.60. The lowest BCUT2D eigenvalue weighted by atomic mass is 10.2. The average Bonchev–Trinajstić information content (AvgIpc) is 2.82. The topological polar surface area (TPSA) is 57.5 Å². The highest BCUT2D eigenvalue weighted by Crippen LogP contribution is 2.25. The van der Waals surface area contributed by atoms with Crippen LogP contribution in [0.3, 0.4) is 0 Å². The van der Waals surface area contributed by atoms with Crippen molar-refractivity contribution in [2.75, 3.05) is 41.1 Å². The molecule has 1 rings (SSSR count). The molecule has 0 bridgehead atoms. The van der Waals surface area contributed by atoms with Crippen molar-refractivity contribution in [1.29, 1.82) is 0 Å². The summed E-state index contributed by atoms with van der Waals surface area (Å²) >= 11 is 0. The Morgan fingerprint density at radius 1 is 1.37 bits per heavy atom. The van der Waals surface area contributed by atoms with E-state index >= 15 is 0 Å². The monoisotopic (exact) mass is 271 g/mol. The standard InChI is InChI=1S/C13H25N3O3/c1-5-6-16-13(12(18-4)9-15-16)11(14-2)10-19-8-7-17-3/h9,11,14H,5-8,10H2,1-4H3. The lowest BCUT2D eigenvalue weighted by Gasteiger charge is -2.19. The van der Waals surface area contributed by atoms with Crippen molar-refractivity contribution in [1.82, 2.24) is 15.1 Å². The van der Waals surface area contributed by atoms with Crippen LogP contribution in [-0.2, 0) is 16.0 Å². The zero-order valence-electron chi connectivity index (χ0n) is 12.3. The number of hydrogen-bond acceptors (Lipinski definition) is 5. The third-order valence-corrected chi connectivity index (χ3v) is 2.90. The highest BCUT2D eigenvalue weighted by molar-refractivity contribution is 5.28. The lowest BCUT2D eigenvalue weighted by Crippen LogP contribution is -2.26. The molecule has 6 heteroatoms. The number of nitrogens with one attached hydrogen (secondary N) is 1. The number of aromatic nitrogens is 2. The Balaban J connectivity index is 2.74. The first-order chi connectivity index (χ1) is 9.28. The Labute approximate surface area is 115 Å². The third kappa shape index (κ3) is 4.49. The van der Waals surface area contributed by atoms with Gasteiger partial charge in [0, 0.05) is 13.7 Å². The van der Waals surface area contributed by atoms with Gasteiger partial charge in [-0.25, -0.2) is 0 Å². The summed E-state index contributed by atoms with van der Waals surface area (Å²) in [7, 11) is 5.24. The molecule has 0 aliphatic carbocycles. The zero-order valence-corrected chi connectivity index (χ0v) is 12.3. The van der Waals surface area contributed by atoms with Crippen molar-refractivity contribution in [3.8, 4) is 5.75 Å². The largest absolute Gasteiger partial charge is 0.493 e. The number of nitrogens with zero attached hydrogens (tertiary/aromatic N) is 2. The Kier molecular flexibility index (Phi) is 7.47. The Hall–Kier alpha value is -1.11. The van der Waals surface area contributed by atoms with Gasteiger partial charge in [0.15, 0.2) is 5.75 Å². The molecule has 0 saturated heterocycles. The van der Waals surface area contributed by atoms with Gasteiger partial charge in [0.25, 0.3) is 0 Å². The van der Waals surface area contributed by atoms with Crippen molar-refractivity contribution in [2.45, 2.75) is 25.9 Å². The van der Waals surface area contributed by atoms with Crippen molar-refractivity contribution in [2.24, 2.45) is 0 Å². The molecule has 1 heterocycles. The molecule has 110 valence electrons. The van der Waals surface area contributed by atoms with Gasteiger partial charge in [0.1, 0.15) is 0 Å². The molecule has 0 radical (unpaired) electrons. The molecular weight excluding hydrogens is 246 g/mol. The smallest absolute Gasteiger partial charge is 0.161 e. The third-order valence-electron chi connectivity index (χ3n) is 2.90. The molecule has 1 aromatic rings. The minimum absolute atomic E-state index is 0.0563. The van der Waals surface area contributed by atoms with Gasteiger partial charge in [-0.05, 0) is 13.5 Å². The van der Waals surface area contributed by atoms with Gasteiger partial charge in [0.2, 0.25) is 0 Å². The van der Waals surface area contributed by atoms with Crippen LogP contribution in [0.2, 0.25) is 0 Å². The summed E-state index contributed by atoms with van der Waals surface area (Å²) < 4.78 is 17.9. The predicted molar refractivity (Wildman–Crippen MR) is 73.6 cm³/mol. The van der Waals surface area contributed by atoms with Crippen LogP contribution >= 0.6 is 0 Å². The zero-order chi connectivity index (χ0) is 14.1. The molecule has 0 aromatic carbocycles. The number of aryl methyl sites for hydroxylation is 1. The second-order valence-corrected chi connectivity index (χ2v) is 4.23. The Morgan fingerprint density at radius 3 is 2.74 bits per heavy atom. The maximum absolute atomic E-state index is 5.60. The predicted octanol–water partition coefficient (Wildman–Crippen LogP) is 1.23. The Morgan fingerprint density at radius 2 is 2.16 bits per heavy atom. The number of hydrogen-bond donors (Lipinski definition) is 1. The van der Waals surface area contributed by atoms with Crippen LogP contribution in [0.15, 0.2) is 6.20 Å².